The van der Waals surface area contributed by atoms with Gasteiger partial charge in [-0.1, -0.05) is 62.6 Å². The summed E-state index contributed by atoms with van der Waals surface area (Å²) in [5.41, 5.74) is 5.32. The van der Waals surface area contributed by atoms with Crippen molar-refractivity contribution in [1.29, 1.82) is 0 Å². The molecule has 1 atom stereocenters. The first kappa shape index (κ1) is 36.9. The third kappa shape index (κ3) is 8.69. The quantitative estimate of drug-likeness (QED) is 0.116. The molecule has 3 aromatic carbocycles. The molecule has 2 heterocycles. The molecule has 12 heteroatoms. The number of aliphatic hydroxyl groups is 1. The van der Waals surface area contributed by atoms with Crippen LogP contribution in [0.15, 0.2) is 71.6 Å². The number of anilines is 2. The maximum Gasteiger partial charge on any atom is 0.274 e. The highest BCUT2D eigenvalue weighted by Crippen LogP contribution is 2.32. The van der Waals surface area contributed by atoms with Crippen molar-refractivity contribution >= 4 is 52.6 Å². The van der Waals surface area contributed by atoms with Gasteiger partial charge in [0.1, 0.15) is 0 Å². The Morgan fingerprint density at radius 2 is 1.72 bits per heavy atom. The second-order valence-electron chi connectivity index (χ2n) is 12.6. The first-order chi connectivity index (χ1) is 24.1. The molecular formula is C38H45ClN6O4S. The average Bonchev–Trinajstić information content (AvgIpc) is 3.51. The number of benzene rings is 3. The zero-order valence-electron chi connectivity index (χ0n) is 29.0. The molecule has 5 rings (SSSR count). The Bertz CT molecular complexity index is 1840. The molecule has 10 nitrogen and oxygen atoms in total. The van der Waals surface area contributed by atoms with Gasteiger partial charge in [0.25, 0.3) is 11.8 Å². The van der Waals surface area contributed by atoms with Gasteiger partial charge in [-0.2, -0.15) is 5.10 Å². The molecule has 0 saturated heterocycles. The Kier molecular flexibility index (Phi) is 12.6. The highest BCUT2D eigenvalue weighted by atomic mass is 35.5. The molecule has 1 aromatic heterocycles. The summed E-state index contributed by atoms with van der Waals surface area (Å²) in [6, 6.07) is 20.2. The maximum atomic E-state index is 14.6. The smallest absolute Gasteiger partial charge is 0.274 e. The van der Waals surface area contributed by atoms with Gasteiger partial charge in [-0.3, -0.25) is 14.4 Å². The lowest BCUT2D eigenvalue weighted by Gasteiger charge is -2.36. The van der Waals surface area contributed by atoms with E-state index >= 15 is 0 Å². The first-order valence-corrected chi connectivity index (χ1v) is 18.3. The number of aromatic nitrogens is 2. The summed E-state index contributed by atoms with van der Waals surface area (Å²) in [5.74, 6) is -0.578. The van der Waals surface area contributed by atoms with E-state index in [2.05, 4.69) is 23.9 Å². The number of hydrogen-bond donors (Lipinski definition) is 3. The Balaban J connectivity index is 1.50. The first-order valence-electron chi connectivity index (χ1n) is 17.1. The molecule has 1 aliphatic heterocycles. The number of amides is 3. The highest BCUT2D eigenvalue weighted by molar-refractivity contribution is 8.00. The summed E-state index contributed by atoms with van der Waals surface area (Å²) >= 11 is 7.72. The molecule has 0 bridgehead atoms. The zero-order valence-corrected chi connectivity index (χ0v) is 30.6. The Labute approximate surface area is 303 Å². The van der Waals surface area contributed by atoms with Crippen LogP contribution in [0.1, 0.15) is 84.1 Å². The summed E-state index contributed by atoms with van der Waals surface area (Å²) in [5, 5.41) is 18.3. The third-order valence-electron chi connectivity index (χ3n) is 8.78. The van der Waals surface area contributed by atoms with Crippen molar-refractivity contribution < 1.29 is 19.5 Å². The molecule has 1 aliphatic rings. The van der Waals surface area contributed by atoms with E-state index in [-0.39, 0.29) is 24.3 Å². The summed E-state index contributed by atoms with van der Waals surface area (Å²) in [6.45, 7) is 9.04. The number of nitrogens with zero attached hydrogens (tertiary/aromatic N) is 4. The molecule has 50 heavy (non-hydrogen) atoms. The zero-order chi connectivity index (χ0) is 35.8. The van der Waals surface area contributed by atoms with Crippen molar-refractivity contribution in [3.8, 4) is 5.69 Å². The van der Waals surface area contributed by atoms with Gasteiger partial charge in [0, 0.05) is 42.8 Å². The largest absolute Gasteiger partial charge is 0.394 e. The van der Waals surface area contributed by atoms with E-state index in [9.17, 15) is 19.5 Å². The lowest BCUT2D eigenvalue weighted by atomic mass is 9.93. The number of fused-ring (bicyclic) bond motifs is 1. The molecule has 0 aliphatic carbocycles. The molecule has 1 unspecified atom stereocenters. The lowest BCUT2D eigenvalue weighted by Crippen LogP contribution is -2.46. The van der Waals surface area contributed by atoms with Gasteiger partial charge in [-0.15, -0.1) is 0 Å². The normalized spacial score (nSPS) is 13.9. The lowest BCUT2D eigenvalue weighted by molar-refractivity contribution is -0.114. The maximum absolute atomic E-state index is 14.6. The topological polar surface area (TPSA) is 120 Å². The number of carbonyl (C=O) groups is 3. The number of aliphatic hydroxyl groups excluding tert-OH is 1. The van der Waals surface area contributed by atoms with Crippen LogP contribution in [-0.4, -0.2) is 68.1 Å². The van der Waals surface area contributed by atoms with Gasteiger partial charge in [0.15, 0.2) is 5.69 Å². The Morgan fingerprint density at radius 3 is 2.38 bits per heavy atom. The number of rotatable bonds is 14. The van der Waals surface area contributed by atoms with E-state index in [1.807, 2.05) is 54.3 Å². The van der Waals surface area contributed by atoms with Gasteiger partial charge < -0.3 is 24.9 Å². The second kappa shape index (κ2) is 17.1. The van der Waals surface area contributed by atoms with Gasteiger partial charge >= 0.3 is 0 Å². The molecule has 264 valence electrons. The third-order valence-corrected chi connectivity index (χ3v) is 9.92. The van der Waals surface area contributed by atoms with E-state index in [0.717, 1.165) is 47.4 Å². The van der Waals surface area contributed by atoms with Gasteiger partial charge in [0.2, 0.25) is 5.91 Å². The Morgan fingerprint density at radius 1 is 1.00 bits per heavy atom. The number of hydrogen-bond acceptors (Lipinski definition) is 7. The molecule has 0 spiro atoms. The summed E-state index contributed by atoms with van der Waals surface area (Å²) in [6.07, 6.45) is 4.34. The molecule has 3 N–H and O–H groups in total. The van der Waals surface area contributed by atoms with E-state index in [1.54, 1.807) is 33.8 Å². The van der Waals surface area contributed by atoms with Crippen LogP contribution in [-0.2, 0) is 17.8 Å². The van der Waals surface area contributed by atoms with Crippen LogP contribution in [0.4, 0.5) is 11.4 Å². The second-order valence-corrected chi connectivity index (χ2v) is 13.9. The van der Waals surface area contributed by atoms with Crippen molar-refractivity contribution in [2.24, 2.45) is 0 Å². The Hall–Kier alpha value is -4.32. The minimum Gasteiger partial charge on any atom is -0.394 e. The molecule has 0 saturated carbocycles. The number of nitrogens with one attached hydrogen (secondary N) is 2. The van der Waals surface area contributed by atoms with E-state index < -0.39 is 6.04 Å². The molecule has 0 radical (unpaired) electrons. The predicted molar refractivity (Wildman–Crippen MR) is 200 cm³/mol. The van der Waals surface area contributed by atoms with Crippen LogP contribution >= 0.6 is 23.5 Å². The molecule has 0 fully saturated rings. The molecular weight excluding hydrogens is 672 g/mol. The number of unbranched alkanes of at least 4 members (excludes halogenated alkanes) is 2. The van der Waals surface area contributed by atoms with Crippen molar-refractivity contribution in [1.82, 2.24) is 19.6 Å². The SMILES string of the molecule is CCCCN(CCCC)C(=O)c1cc(C)n(-c2ccc(NSc3ccc(NC(C)=O)c(Cl)c3)cc2C(=O)N2Cc3ccccc3CC2CO)n1. The number of halogens is 1. The van der Waals surface area contributed by atoms with Crippen LogP contribution in [0.25, 0.3) is 5.69 Å². The fourth-order valence-electron chi connectivity index (χ4n) is 6.06. The fourth-order valence-corrected chi connectivity index (χ4v) is 7.03. The summed E-state index contributed by atoms with van der Waals surface area (Å²) in [4.78, 5) is 44.2. The monoisotopic (exact) mass is 716 g/mol. The van der Waals surface area contributed by atoms with Crippen LogP contribution in [0.2, 0.25) is 5.02 Å². The fraction of sp³-hybridized carbons (Fsp3) is 0.368. The average molecular weight is 717 g/mol. The van der Waals surface area contributed by atoms with E-state index in [0.29, 0.717) is 59.4 Å². The van der Waals surface area contributed by atoms with Crippen molar-refractivity contribution in [3.05, 3.63) is 99.8 Å². The standard InChI is InChI=1S/C38H45ClN6O4S/c1-5-7-17-43(18-8-6-2)38(49)35-19-25(3)45(41-35)36-16-13-29(42-50-31-14-15-34(33(39)22-31)40-26(4)47)21-32(36)37(48)44-23-28-12-10-9-11-27(28)20-30(44)24-46/h9-16,19,21-22,30,42,46H,5-8,17-18,20,23-24H2,1-4H3,(H,40,47). The van der Waals surface area contributed by atoms with Crippen LogP contribution in [0.5, 0.6) is 0 Å². The molecule has 4 aromatic rings. The van der Waals surface area contributed by atoms with Crippen molar-refractivity contribution in [3.63, 3.8) is 0 Å². The number of carbonyl (C=O) groups excluding carboxylic acids is 3. The van der Waals surface area contributed by atoms with Crippen LogP contribution in [0.3, 0.4) is 0 Å². The van der Waals surface area contributed by atoms with Crippen LogP contribution in [0, 0.1) is 6.92 Å². The summed E-state index contributed by atoms with van der Waals surface area (Å²) < 4.78 is 4.99. The van der Waals surface area contributed by atoms with Crippen LogP contribution < -0.4 is 10.0 Å². The van der Waals surface area contributed by atoms with E-state index in [1.165, 1.54) is 18.9 Å². The number of aryl methyl sites for hydroxylation is 1. The van der Waals surface area contributed by atoms with Crippen molar-refractivity contribution in [2.45, 2.75) is 77.3 Å². The molecule has 3 amide bonds. The van der Waals surface area contributed by atoms with E-state index in [4.69, 9.17) is 16.7 Å². The minimum absolute atomic E-state index is 0.118. The minimum atomic E-state index is -0.401. The summed E-state index contributed by atoms with van der Waals surface area (Å²) in [7, 11) is 0. The van der Waals surface area contributed by atoms with Gasteiger partial charge in [-0.25, -0.2) is 4.68 Å². The predicted octanol–water partition coefficient (Wildman–Crippen LogP) is 7.51. The highest BCUT2D eigenvalue weighted by Gasteiger charge is 2.32. The van der Waals surface area contributed by atoms with Gasteiger partial charge in [0.05, 0.1) is 34.6 Å². The van der Waals surface area contributed by atoms with Gasteiger partial charge in [-0.05, 0) is 91.7 Å². The van der Waals surface area contributed by atoms with Crippen molar-refractivity contribution in [2.75, 3.05) is 29.7 Å².